The molecule has 0 spiro atoms. The maximum atomic E-state index is 12.6. The average molecular weight is 348 g/mol. The van der Waals surface area contributed by atoms with Crippen molar-refractivity contribution in [3.8, 4) is 0 Å². The lowest BCUT2D eigenvalue weighted by Gasteiger charge is -2.27. The number of H-pyrrole nitrogens is 1. The lowest BCUT2D eigenvalue weighted by Crippen LogP contribution is -2.26. The standard InChI is InChI=1S/C20H20N4O2/c1-13-12-22-24(17-10-4-7-14-6-2-3-8-15(14)17)18(13)23-20(26)16-9-5-11-21-19(16)25/h2-3,5-6,8-9,11-12,17H,4,7,10H2,1H3,(H,21,25)(H,23,26). The Bertz CT molecular complexity index is 1020. The zero-order valence-corrected chi connectivity index (χ0v) is 14.5. The molecule has 4 rings (SSSR count). The van der Waals surface area contributed by atoms with E-state index in [1.165, 1.54) is 23.4 Å². The molecule has 0 saturated heterocycles. The number of carbonyl (C=O) groups excluding carboxylic acids is 1. The summed E-state index contributed by atoms with van der Waals surface area (Å²) in [6.07, 6.45) is 6.36. The van der Waals surface area contributed by atoms with E-state index in [4.69, 9.17) is 0 Å². The largest absolute Gasteiger partial charge is 0.328 e. The predicted octanol–water partition coefficient (Wildman–Crippen LogP) is 3.06. The number of benzene rings is 1. The first-order valence-electron chi connectivity index (χ1n) is 8.76. The van der Waals surface area contributed by atoms with Crippen LogP contribution in [0.5, 0.6) is 0 Å². The second-order valence-corrected chi connectivity index (χ2v) is 6.59. The van der Waals surface area contributed by atoms with Crippen molar-refractivity contribution >= 4 is 11.7 Å². The fourth-order valence-electron chi connectivity index (χ4n) is 3.60. The number of nitrogens with one attached hydrogen (secondary N) is 2. The van der Waals surface area contributed by atoms with Gasteiger partial charge in [0.25, 0.3) is 11.5 Å². The zero-order valence-electron chi connectivity index (χ0n) is 14.5. The van der Waals surface area contributed by atoms with Crippen LogP contribution in [0.1, 0.15) is 45.9 Å². The van der Waals surface area contributed by atoms with Gasteiger partial charge in [0.15, 0.2) is 0 Å². The van der Waals surface area contributed by atoms with Crippen LogP contribution in [0.4, 0.5) is 5.82 Å². The van der Waals surface area contributed by atoms with Crippen molar-refractivity contribution in [2.24, 2.45) is 0 Å². The molecule has 0 aliphatic heterocycles. The van der Waals surface area contributed by atoms with Crippen LogP contribution in [0.3, 0.4) is 0 Å². The molecule has 6 heteroatoms. The maximum absolute atomic E-state index is 12.6. The first kappa shape index (κ1) is 16.3. The molecule has 132 valence electrons. The highest BCUT2D eigenvalue weighted by Crippen LogP contribution is 2.35. The van der Waals surface area contributed by atoms with Gasteiger partial charge in [-0.3, -0.25) is 9.59 Å². The number of nitrogens with zero attached hydrogens (tertiary/aromatic N) is 2. The van der Waals surface area contributed by atoms with Crippen LogP contribution in [0.15, 0.2) is 53.6 Å². The van der Waals surface area contributed by atoms with Crippen LogP contribution in [0.25, 0.3) is 0 Å². The Labute approximate surface area is 150 Å². The summed E-state index contributed by atoms with van der Waals surface area (Å²) in [5.74, 6) is 0.209. The first-order chi connectivity index (χ1) is 12.6. The number of carbonyl (C=O) groups is 1. The number of aryl methyl sites for hydroxylation is 2. The third-order valence-electron chi connectivity index (χ3n) is 4.91. The molecule has 0 saturated carbocycles. The van der Waals surface area contributed by atoms with E-state index in [-0.39, 0.29) is 11.6 Å². The third-order valence-corrected chi connectivity index (χ3v) is 4.91. The molecule has 3 aromatic rings. The minimum atomic E-state index is -0.430. The molecule has 1 atom stereocenters. The molecule has 2 heterocycles. The number of hydrogen-bond acceptors (Lipinski definition) is 3. The van der Waals surface area contributed by atoms with Crippen molar-refractivity contribution in [3.63, 3.8) is 0 Å². The van der Waals surface area contributed by atoms with Crippen molar-refractivity contribution in [2.75, 3.05) is 5.32 Å². The summed E-state index contributed by atoms with van der Waals surface area (Å²) in [5.41, 5.74) is 3.12. The highest BCUT2D eigenvalue weighted by atomic mass is 16.2. The third kappa shape index (κ3) is 2.83. The van der Waals surface area contributed by atoms with Gasteiger partial charge in [-0.1, -0.05) is 24.3 Å². The molecule has 0 fully saturated rings. The Kier molecular flexibility index (Phi) is 4.16. The SMILES string of the molecule is Cc1cnn(C2CCCc3ccccc32)c1NC(=O)c1ccc[nH]c1=O. The van der Waals surface area contributed by atoms with E-state index in [9.17, 15) is 9.59 Å². The van der Waals surface area contributed by atoms with Gasteiger partial charge >= 0.3 is 0 Å². The topological polar surface area (TPSA) is 79.8 Å². The van der Waals surface area contributed by atoms with Gasteiger partial charge in [0, 0.05) is 11.8 Å². The molecule has 2 N–H and O–H groups in total. The van der Waals surface area contributed by atoms with Crippen molar-refractivity contribution in [2.45, 2.75) is 32.2 Å². The van der Waals surface area contributed by atoms with Crippen LogP contribution in [0, 0.1) is 6.92 Å². The van der Waals surface area contributed by atoms with E-state index in [2.05, 4.69) is 33.6 Å². The molecule has 0 radical (unpaired) electrons. The van der Waals surface area contributed by atoms with E-state index in [0.29, 0.717) is 5.82 Å². The van der Waals surface area contributed by atoms with Crippen LogP contribution < -0.4 is 10.9 Å². The lowest BCUT2D eigenvalue weighted by molar-refractivity contribution is 0.102. The van der Waals surface area contributed by atoms with Gasteiger partial charge in [-0.15, -0.1) is 0 Å². The maximum Gasteiger partial charge on any atom is 0.262 e. The summed E-state index contributed by atoms with van der Waals surface area (Å²) in [5, 5.41) is 7.41. The predicted molar refractivity (Wildman–Crippen MR) is 99.5 cm³/mol. The number of rotatable bonds is 3. The van der Waals surface area contributed by atoms with Gasteiger partial charge in [-0.25, -0.2) is 4.68 Å². The fourth-order valence-corrected chi connectivity index (χ4v) is 3.60. The van der Waals surface area contributed by atoms with Crippen molar-refractivity contribution in [1.29, 1.82) is 0 Å². The smallest absolute Gasteiger partial charge is 0.262 e. The molecule has 1 aromatic carbocycles. The highest BCUT2D eigenvalue weighted by Gasteiger charge is 2.25. The lowest BCUT2D eigenvalue weighted by atomic mass is 9.88. The molecule has 2 aromatic heterocycles. The second-order valence-electron chi connectivity index (χ2n) is 6.59. The van der Waals surface area contributed by atoms with Crippen molar-refractivity contribution in [1.82, 2.24) is 14.8 Å². The Morgan fingerprint density at radius 1 is 1.27 bits per heavy atom. The monoisotopic (exact) mass is 348 g/mol. The number of amides is 1. The van der Waals surface area contributed by atoms with Crippen LogP contribution in [0.2, 0.25) is 0 Å². The summed E-state index contributed by atoms with van der Waals surface area (Å²) in [7, 11) is 0. The molecule has 6 nitrogen and oxygen atoms in total. The van der Waals surface area contributed by atoms with Gasteiger partial charge in [0.05, 0.1) is 12.2 Å². The van der Waals surface area contributed by atoms with Gasteiger partial charge in [-0.2, -0.15) is 5.10 Å². The van der Waals surface area contributed by atoms with Crippen molar-refractivity contribution in [3.05, 3.63) is 81.4 Å². The fraction of sp³-hybridized carbons (Fsp3) is 0.250. The molecule has 26 heavy (non-hydrogen) atoms. The molecule has 1 unspecified atom stereocenters. The Morgan fingerprint density at radius 3 is 2.96 bits per heavy atom. The molecular formula is C20H20N4O2. The minimum Gasteiger partial charge on any atom is -0.328 e. The van der Waals surface area contributed by atoms with Crippen LogP contribution in [-0.2, 0) is 6.42 Å². The Hall–Kier alpha value is -3.15. The van der Waals surface area contributed by atoms with E-state index in [1.807, 2.05) is 17.7 Å². The average Bonchev–Trinajstić information content (AvgIpc) is 3.02. The number of aromatic nitrogens is 3. The summed E-state index contributed by atoms with van der Waals surface area (Å²) in [6, 6.07) is 11.6. The van der Waals surface area contributed by atoms with Crippen LogP contribution >= 0.6 is 0 Å². The molecule has 0 bridgehead atoms. The van der Waals surface area contributed by atoms with E-state index < -0.39 is 11.5 Å². The molecule has 1 aliphatic rings. The first-order valence-corrected chi connectivity index (χ1v) is 8.76. The Balaban J connectivity index is 1.70. The van der Waals surface area contributed by atoms with Crippen LogP contribution in [-0.4, -0.2) is 20.7 Å². The second kappa shape index (κ2) is 6.63. The number of pyridine rings is 1. The van der Waals surface area contributed by atoms with Gasteiger partial charge in [0.2, 0.25) is 0 Å². The quantitative estimate of drug-likeness (QED) is 0.763. The minimum absolute atomic E-state index is 0.0815. The summed E-state index contributed by atoms with van der Waals surface area (Å²) in [6.45, 7) is 1.91. The normalized spacial score (nSPS) is 16.1. The zero-order chi connectivity index (χ0) is 18.1. The van der Waals surface area contributed by atoms with Gasteiger partial charge in [0.1, 0.15) is 11.4 Å². The highest BCUT2D eigenvalue weighted by molar-refractivity contribution is 6.03. The summed E-state index contributed by atoms with van der Waals surface area (Å²) < 4.78 is 1.88. The molecule has 1 amide bonds. The van der Waals surface area contributed by atoms with E-state index in [1.54, 1.807) is 12.3 Å². The van der Waals surface area contributed by atoms with E-state index in [0.717, 1.165) is 24.8 Å². The van der Waals surface area contributed by atoms with Crippen molar-refractivity contribution < 1.29 is 4.79 Å². The number of anilines is 1. The number of fused-ring (bicyclic) bond motifs is 1. The van der Waals surface area contributed by atoms with Gasteiger partial charge in [-0.05, 0) is 49.4 Å². The van der Waals surface area contributed by atoms with Gasteiger partial charge < -0.3 is 10.3 Å². The summed E-state index contributed by atoms with van der Waals surface area (Å²) in [4.78, 5) is 27.0. The van der Waals surface area contributed by atoms with E-state index >= 15 is 0 Å². The Morgan fingerprint density at radius 2 is 2.12 bits per heavy atom. The molecular weight excluding hydrogens is 328 g/mol. The molecule has 1 aliphatic carbocycles. The summed E-state index contributed by atoms with van der Waals surface area (Å²) >= 11 is 0. The number of aromatic amines is 1. The number of hydrogen-bond donors (Lipinski definition) is 2.